The van der Waals surface area contributed by atoms with Gasteiger partial charge in [0.2, 0.25) is 5.91 Å². The number of hydrogen-bond donors (Lipinski definition) is 2. The Morgan fingerprint density at radius 1 is 1.08 bits per heavy atom. The van der Waals surface area contributed by atoms with Crippen molar-refractivity contribution in [1.29, 1.82) is 0 Å². The zero-order valence-corrected chi connectivity index (χ0v) is 14.9. The second-order valence-corrected chi connectivity index (χ2v) is 6.55. The number of carboxylic acid groups (broad SMARTS) is 1. The van der Waals surface area contributed by atoms with Gasteiger partial charge in [-0.25, -0.2) is 4.79 Å². The zero-order valence-electron chi connectivity index (χ0n) is 14.9. The van der Waals surface area contributed by atoms with Gasteiger partial charge in [0, 0.05) is 5.69 Å². The molecule has 2 aromatic carbocycles. The third kappa shape index (κ3) is 4.38. The van der Waals surface area contributed by atoms with Crippen molar-refractivity contribution in [3.8, 4) is 5.75 Å². The molecule has 0 spiro atoms. The third-order valence-electron chi connectivity index (χ3n) is 4.19. The molecule has 2 rings (SSSR count). The van der Waals surface area contributed by atoms with Crippen molar-refractivity contribution in [3.63, 3.8) is 0 Å². The van der Waals surface area contributed by atoms with Crippen molar-refractivity contribution in [2.75, 3.05) is 11.9 Å². The fraction of sp³-hybridized carbons (Fsp3) is 0.300. The van der Waals surface area contributed by atoms with E-state index in [0.717, 1.165) is 16.7 Å². The number of carbonyl (C=O) groups is 2. The van der Waals surface area contributed by atoms with Crippen molar-refractivity contribution in [2.24, 2.45) is 0 Å². The summed E-state index contributed by atoms with van der Waals surface area (Å²) in [4.78, 5) is 23.4. The van der Waals surface area contributed by atoms with Gasteiger partial charge in [0.25, 0.3) is 0 Å². The van der Waals surface area contributed by atoms with Gasteiger partial charge < -0.3 is 15.2 Å². The normalized spacial score (nSPS) is 11.0. The van der Waals surface area contributed by atoms with E-state index in [1.807, 2.05) is 52.0 Å². The Hall–Kier alpha value is -2.82. The Kier molecular flexibility index (Phi) is 5.47. The van der Waals surface area contributed by atoms with Crippen LogP contribution in [-0.4, -0.2) is 23.6 Å². The van der Waals surface area contributed by atoms with Crippen LogP contribution in [0.5, 0.6) is 5.75 Å². The van der Waals surface area contributed by atoms with Crippen LogP contribution < -0.4 is 10.1 Å². The second-order valence-electron chi connectivity index (χ2n) is 6.55. The average molecular weight is 341 g/mol. The second kappa shape index (κ2) is 7.38. The molecule has 132 valence electrons. The molecule has 2 N–H and O–H groups in total. The number of carbonyl (C=O) groups excluding carboxylic acids is 1. The number of carboxylic acids is 1. The van der Waals surface area contributed by atoms with E-state index in [2.05, 4.69) is 5.32 Å². The summed E-state index contributed by atoms with van der Waals surface area (Å²) < 4.78 is 5.15. The van der Waals surface area contributed by atoms with Crippen molar-refractivity contribution in [3.05, 3.63) is 59.2 Å². The summed E-state index contributed by atoms with van der Waals surface area (Å²) in [6.07, 6.45) is 0. The van der Waals surface area contributed by atoms with Gasteiger partial charge in [0.1, 0.15) is 5.75 Å². The molecular weight excluding hydrogens is 318 g/mol. The molecule has 0 aromatic heterocycles. The van der Waals surface area contributed by atoms with Crippen LogP contribution in [0.25, 0.3) is 0 Å². The molecule has 0 bridgehead atoms. The minimum atomic E-state index is -1.03. The highest BCUT2D eigenvalue weighted by Gasteiger charge is 2.31. The fourth-order valence-corrected chi connectivity index (χ4v) is 2.69. The minimum Gasteiger partial charge on any atom is -0.482 e. The van der Waals surface area contributed by atoms with Gasteiger partial charge in [-0.2, -0.15) is 0 Å². The van der Waals surface area contributed by atoms with Gasteiger partial charge in [-0.05, 0) is 62.6 Å². The van der Waals surface area contributed by atoms with E-state index >= 15 is 0 Å². The maximum atomic E-state index is 12.8. The highest BCUT2D eigenvalue weighted by atomic mass is 16.5. The summed E-state index contributed by atoms with van der Waals surface area (Å²) in [5.74, 6) is -0.685. The van der Waals surface area contributed by atoms with Gasteiger partial charge in [0.05, 0.1) is 5.41 Å². The van der Waals surface area contributed by atoms with Crippen molar-refractivity contribution >= 4 is 17.6 Å². The van der Waals surface area contributed by atoms with Gasteiger partial charge in [0.15, 0.2) is 6.61 Å². The van der Waals surface area contributed by atoms with Crippen LogP contribution in [0.4, 0.5) is 5.69 Å². The first-order valence-electron chi connectivity index (χ1n) is 8.04. The summed E-state index contributed by atoms with van der Waals surface area (Å²) in [6.45, 7) is 7.22. The molecule has 25 heavy (non-hydrogen) atoms. The Morgan fingerprint density at radius 3 is 2.36 bits per heavy atom. The van der Waals surface area contributed by atoms with Crippen LogP contribution in [0.15, 0.2) is 42.5 Å². The lowest BCUT2D eigenvalue weighted by Crippen LogP contribution is -2.35. The lowest BCUT2D eigenvalue weighted by atomic mass is 9.81. The maximum Gasteiger partial charge on any atom is 0.341 e. The Morgan fingerprint density at radius 2 is 1.76 bits per heavy atom. The monoisotopic (exact) mass is 341 g/mol. The third-order valence-corrected chi connectivity index (χ3v) is 4.19. The summed E-state index contributed by atoms with van der Waals surface area (Å²) >= 11 is 0. The fourth-order valence-electron chi connectivity index (χ4n) is 2.69. The molecule has 0 radical (unpaired) electrons. The molecule has 0 aliphatic carbocycles. The number of ether oxygens (including phenoxy) is 1. The molecule has 5 nitrogen and oxygen atoms in total. The van der Waals surface area contributed by atoms with Crippen LogP contribution in [0, 0.1) is 13.8 Å². The molecule has 1 amide bonds. The molecule has 0 aliphatic rings. The van der Waals surface area contributed by atoms with Gasteiger partial charge >= 0.3 is 5.97 Å². The van der Waals surface area contributed by atoms with Crippen LogP contribution in [-0.2, 0) is 15.0 Å². The predicted molar refractivity (Wildman–Crippen MR) is 97.1 cm³/mol. The molecule has 5 heteroatoms. The molecule has 0 saturated heterocycles. The van der Waals surface area contributed by atoms with E-state index in [9.17, 15) is 9.59 Å². The van der Waals surface area contributed by atoms with Crippen LogP contribution >= 0.6 is 0 Å². The first-order chi connectivity index (χ1) is 11.7. The summed E-state index contributed by atoms with van der Waals surface area (Å²) in [5, 5.41) is 11.6. The van der Waals surface area contributed by atoms with Crippen molar-refractivity contribution in [1.82, 2.24) is 0 Å². The Balaban J connectivity index is 2.17. The molecule has 0 saturated carbocycles. The lowest BCUT2D eigenvalue weighted by Gasteiger charge is -2.26. The number of rotatable bonds is 6. The average Bonchev–Trinajstić information content (AvgIpc) is 2.55. The molecule has 0 aliphatic heterocycles. The number of aliphatic carboxylic acids is 1. The summed E-state index contributed by atoms with van der Waals surface area (Å²) in [5.41, 5.74) is 2.84. The number of hydrogen-bond acceptors (Lipinski definition) is 3. The molecule has 0 atom stereocenters. The standard InChI is InChI=1S/C20H23NO4/c1-13-7-5-6-8-16(13)20(3,4)19(24)21-17-10-9-15(11-14(17)2)25-12-18(22)23/h5-11H,12H2,1-4H3,(H,21,24)(H,22,23). The smallest absolute Gasteiger partial charge is 0.341 e. The van der Waals surface area contributed by atoms with Crippen LogP contribution in [0.2, 0.25) is 0 Å². The number of nitrogens with one attached hydrogen (secondary N) is 1. The zero-order chi connectivity index (χ0) is 18.6. The lowest BCUT2D eigenvalue weighted by molar-refractivity contribution is -0.139. The number of benzene rings is 2. The first-order valence-corrected chi connectivity index (χ1v) is 8.04. The highest BCUT2D eigenvalue weighted by molar-refractivity contribution is 5.99. The van der Waals surface area contributed by atoms with Crippen molar-refractivity contribution < 1.29 is 19.4 Å². The number of aryl methyl sites for hydroxylation is 2. The summed E-state index contributed by atoms with van der Waals surface area (Å²) in [7, 11) is 0. The molecule has 2 aromatic rings. The predicted octanol–water partition coefficient (Wildman–Crippen LogP) is 3.68. The summed E-state index contributed by atoms with van der Waals surface area (Å²) in [6, 6.07) is 12.9. The molecule has 0 unspecified atom stereocenters. The van der Waals surface area contributed by atoms with Gasteiger partial charge in [-0.3, -0.25) is 4.79 Å². The van der Waals surface area contributed by atoms with Crippen LogP contribution in [0.3, 0.4) is 0 Å². The quantitative estimate of drug-likeness (QED) is 0.840. The van der Waals surface area contributed by atoms with Crippen molar-refractivity contribution in [2.45, 2.75) is 33.1 Å². The molecule has 0 heterocycles. The maximum absolute atomic E-state index is 12.8. The SMILES string of the molecule is Cc1cc(OCC(=O)O)ccc1NC(=O)C(C)(C)c1ccccc1C. The van der Waals surface area contributed by atoms with E-state index in [-0.39, 0.29) is 5.91 Å². The van der Waals surface area contributed by atoms with E-state index < -0.39 is 18.0 Å². The number of amides is 1. The Labute approximate surface area is 147 Å². The Bertz CT molecular complexity index is 796. The van der Waals surface area contributed by atoms with E-state index in [0.29, 0.717) is 11.4 Å². The van der Waals surface area contributed by atoms with Crippen LogP contribution in [0.1, 0.15) is 30.5 Å². The minimum absolute atomic E-state index is 0.107. The topological polar surface area (TPSA) is 75.6 Å². The number of anilines is 1. The first kappa shape index (κ1) is 18.5. The molecular formula is C20H23NO4. The van der Waals surface area contributed by atoms with E-state index in [4.69, 9.17) is 9.84 Å². The highest BCUT2D eigenvalue weighted by Crippen LogP contribution is 2.29. The van der Waals surface area contributed by atoms with E-state index in [1.165, 1.54) is 0 Å². The van der Waals surface area contributed by atoms with E-state index in [1.54, 1.807) is 18.2 Å². The van der Waals surface area contributed by atoms with Gasteiger partial charge in [-0.1, -0.05) is 24.3 Å². The molecule has 0 fully saturated rings. The largest absolute Gasteiger partial charge is 0.482 e. The van der Waals surface area contributed by atoms with Gasteiger partial charge in [-0.15, -0.1) is 0 Å².